The first kappa shape index (κ1) is 16.2. The molecule has 0 radical (unpaired) electrons. The number of nitrogens with one attached hydrogen (secondary N) is 1. The molecule has 0 aromatic heterocycles. The number of hydrogen-bond donors (Lipinski definition) is 1. The third-order valence-corrected chi connectivity index (χ3v) is 4.39. The lowest BCUT2D eigenvalue weighted by molar-refractivity contribution is 0.360. The van der Waals surface area contributed by atoms with Gasteiger partial charge < -0.3 is 5.32 Å². The van der Waals surface area contributed by atoms with Crippen LogP contribution in [0.5, 0.6) is 0 Å². The van der Waals surface area contributed by atoms with Gasteiger partial charge in [-0.05, 0) is 49.9 Å². The van der Waals surface area contributed by atoms with Crippen LogP contribution < -0.4 is 5.32 Å². The Balaban J connectivity index is 1.88. The maximum absolute atomic E-state index is 13.1. The van der Waals surface area contributed by atoms with E-state index in [1.54, 1.807) is 0 Å². The summed E-state index contributed by atoms with van der Waals surface area (Å²) in [5.74, 6) is -0.214. The van der Waals surface area contributed by atoms with Gasteiger partial charge in [-0.1, -0.05) is 52.3 Å². The van der Waals surface area contributed by atoms with Crippen molar-refractivity contribution in [3.8, 4) is 0 Å². The Labute approximate surface area is 134 Å². The molecule has 0 aliphatic heterocycles. The van der Waals surface area contributed by atoms with Gasteiger partial charge in [-0.3, -0.25) is 0 Å². The standard InChI is InChI=1S/C18H21BrFN/c1-18(2,11-10-14-6-4-3-5-7-14)21-13-15-8-9-16(20)12-17(15)19/h3-9,12,21H,10-11,13H2,1-2H3. The largest absolute Gasteiger partial charge is 0.308 e. The monoisotopic (exact) mass is 349 g/mol. The maximum Gasteiger partial charge on any atom is 0.124 e. The molecule has 0 aliphatic rings. The van der Waals surface area contributed by atoms with Crippen LogP contribution in [0, 0.1) is 5.82 Å². The van der Waals surface area contributed by atoms with Crippen LogP contribution in [0.1, 0.15) is 31.4 Å². The Hall–Kier alpha value is -1.19. The van der Waals surface area contributed by atoms with Gasteiger partial charge >= 0.3 is 0 Å². The SMILES string of the molecule is CC(C)(CCc1ccccc1)NCc1ccc(F)cc1Br. The highest BCUT2D eigenvalue weighted by molar-refractivity contribution is 9.10. The lowest BCUT2D eigenvalue weighted by Gasteiger charge is -2.27. The zero-order valence-electron chi connectivity index (χ0n) is 12.5. The molecule has 2 rings (SSSR count). The van der Waals surface area contributed by atoms with Crippen molar-refractivity contribution in [2.75, 3.05) is 0 Å². The first-order valence-electron chi connectivity index (χ1n) is 7.19. The minimum atomic E-state index is -0.214. The number of hydrogen-bond acceptors (Lipinski definition) is 1. The van der Waals surface area contributed by atoms with Gasteiger partial charge in [-0.2, -0.15) is 0 Å². The summed E-state index contributed by atoms with van der Waals surface area (Å²) in [6.07, 6.45) is 2.10. The number of benzene rings is 2. The van der Waals surface area contributed by atoms with E-state index in [-0.39, 0.29) is 11.4 Å². The molecule has 0 bridgehead atoms. The zero-order valence-corrected chi connectivity index (χ0v) is 14.1. The van der Waals surface area contributed by atoms with Gasteiger partial charge in [0.2, 0.25) is 0 Å². The summed E-state index contributed by atoms with van der Waals surface area (Å²) in [7, 11) is 0. The highest BCUT2D eigenvalue weighted by atomic mass is 79.9. The third kappa shape index (κ3) is 5.25. The van der Waals surface area contributed by atoms with E-state index in [1.807, 2.05) is 12.1 Å². The van der Waals surface area contributed by atoms with E-state index in [1.165, 1.54) is 17.7 Å². The molecule has 0 fully saturated rings. The quantitative estimate of drug-likeness (QED) is 0.765. The molecule has 1 nitrogen and oxygen atoms in total. The number of rotatable bonds is 6. The molecule has 2 aromatic rings. The molecule has 0 unspecified atom stereocenters. The van der Waals surface area contributed by atoms with E-state index >= 15 is 0 Å². The molecule has 1 N–H and O–H groups in total. The predicted molar refractivity (Wildman–Crippen MR) is 89.8 cm³/mol. The minimum absolute atomic E-state index is 0.0314. The third-order valence-electron chi connectivity index (χ3n) is 3.65. The van der Waals surface area contributed by atoms with Gasteiger partial charge in [-0.25, -0.2) is 4.39 Å². The van der Waals surface area contributed by atoms with Crippen LogP contribution in [0.3, 0.4) is 0 Å². The lowest BCUT2D eigenvalue weighted by Crippen LogP contribution is -2.39. The van der Waals surface area contributed by atoms with Crippen LogP contribution in [-0.4, -0.2) is 5.54 Å². The molecule has 21 heavy (non-hydrogen) atoms. The van der Waals surface area contributed by atoms with E-state index in [0.29, 0.717) is 0 Å². The van der Waals surface area contributed by atoms with Gasteiger partial charge in [0.15, 0.2) is 0 Å². The average Bonchev–Trinajstić information content (AvgIpc) is 2.45. The molecule has 0 spiro atoms. The van der Waals surface area contributed by atoms with Gasteiger partial charge in [0.25, 0.3) is 0 Å². The molecule has 0 atom stereocenters. The Bertz CT molecular complexity index is 581. The van der Waals surface area contributed by atoms with Crippen molar-refractivity contribution in [2.24, 2.45) is 0 Å². The van der Waals surface area contributed by atoms with Crippen molar-refractivity contribution < 1.29 is 4.39 Å². The van der Waals surface area contributed by atoms with Crippen LogP contribution in [-0.2, 0) is 13.0 Å². The fraction of sp³-hybridized carbons (Fsp3) is 0.333. The van der Waals surface area contributed by atoms with E-state index in [2.05, 4.69) is 59.4 Å². The topological polar surface area (TPSA) is 12.0 Å². The summed E-state index contributed by atoms with van der Waals surface area (Å²) in [5, 5.41) is 3.55. The molecule has 3 heteroatoms. The van der Waals surface area contributed by atoms with E-state index < -0.39 is 0 Å². The molecular formula is C18H21BrFN. The summed E-state index contributed by atoms with van der Waals surface area (Å²) in [5.41, 5.74) is 2.46. The molecule has 0 heterocycles. The van der Waals surface area contributed by atoms with Crippen LogP contribution in [0.15, 0.2) is 53.0 Å². The van der Waals surface area contributed by atoms with Crippen molar-refractivity contribution in [2.45, 2.75) is 38.8 Å². The van der Waals surface area contributed by atoms with Crippen LogP contribution in [0.25, 0.3) is 0 Å². The normalized spacial score (nSPS) is 11.6. The van der Waals surface area contributed by atoms with E-state index in [0.717, 1.165) is 29.4 Å². The highest BCUT2D eigenvalue weighted by Gasteiger charge is 2.17. The molecule has 0 saturated carbocycles. The van der Waals surface area contributed by atoms with Crippen LogP contribution in [0.2, 0.25) is 0 Å². The van der Waals surface area contributed by atoms with Crippen molar-refractivity contribution in [3.05, 3.63) is 69.9 Å². The number of halogens is 2. The summed E-state index contributed by atoms with van der Waals surface area (Å²) >= 11 is 3.41. The molecule has 112 valence electrons. The molecule has 0 amide bonds. The average molecular weight is 350 g/mol. The minimum Gasteiger partial charge on any atom is -0.308 e. The Kier molecular flexibility index (Phi) is 5.54. The predicted octanol–water partition coefficient (Wildman–Crippen LogP) is 5.09. The van der Waals surface area contributed by atoms with Crippen molar-refractivity contribution in [1.82, 2.24) is 5.32 Å². The Morgan fingerprint density at radius 3 is 2.48 bits per heavy atom. The summed E-state index contributed by atoms with van der Waals surface area (Å²) in [6.45, 7) is 5.13. The summed E-state index contributed by atoms with van der Waals surface area (Å²) in [6, 6.07) is 15.3. The maximum atomic E-state index is 13.1. The van der Waals surface area contributed by atoms with Crippen molar-refractivity contribution in [3.63, 3.8) is 0 Å². The fourth-order valence-electron chi connectivity index (χ4n) is 2.19. The zero-order chi connectivity index (χ0) is 15.3. The molecular weight excluding hydrogens is 329 g/mol. The second kappa shape index (κ2) is 7.19. The van der Waals surface area contributed by atoms with Gasteiger partial charge in [0.1, 0.15) is 5.82 Å². The summed E-state index contributed by atoms with van der Waals surface area (Å²) < 4.78 is 13.9. The number of aryl methyl sites for hydroxylation is 1. The fourth-order valence-corrected chi connectivity index (χ4v) is 2.68. The first-order chi connectivity index (χ1) is 9.96. The Morgan fingerprint density at radius 1 is 1.10 bits per heavy atom. The molecule has 2 aromatic carbocycles. The van der Waals surface area contributed by atoms with Gasteiger partial charge in [-0.15, -0.1) is 0 Å². The second-order valence-corrected chi connectivity index (χ2v) is 6.81. The van der Waals surface area contributed by atoms with E-state index in [9.17, 15) is 4.39 Å². The van der Waals surface area contributed by atoms with Crippen molar-refractivity contribution >= 4 is 15.9 Å². The van der Waals surface area contributed by atoms with Gasteiger partial charge in [0, 0.05) is 16.6 Å². The molecule has 0 saturated heterocycles. The smallest absolute Gasteiger partial charge is 0.124 e. The lowest BCUT2D eigenvalue weighted by atomic mass is 9.95. The summed E-state index contributed by atoms with van der Waals surface area (Å²) in [4.78, 5) is 0. The first-order valence-corrected chi connectivity index (χ1v) is 7.98. The second-order valence-electron chi connectivity index (χ2n) is 5.96. The Morgan fingerprint density at radius 2 is 1.81 bits per heavy atom. The van der Waals surface area contributed by atoms with Crippen molar-refractivity contribution in [1.29, 1.82) is 0 Å². The van der Waals surface area contributed by atoms with Gasteiger partial charge in [0.05, 0.1) is 0 Å². The van der Waals surface area contributed by atoms with Crippen LogP contribution >= 0.6 is 15.9 Å². The molecule has 0 aliphatic carbocycles. The van der Waals surface area contributed by atoms with Crippen LogP contribution in [0.4, 0.5) is 4.39 Å². The highest BCUT2D eigenvalue weighted by Crippen LogP contribution is 2.20. The van der Waals surface area contributed by atoms with E-state index in [4.69, 9.17) is 0 Å².